The number of rotatable bonds is 3. The third-order valence-electron chi connectivity index (χ3n) is 2.37. The zero-order chi connectivity index (χ0) is 10.5. The average Bonchev–Trinajstić information content (AvgIpc) is 2.30. The van der Waals surface area contributed by atoms with Crippen molar-refractivity contribution < 1.29 is 0 Å². The Hall–Kier alpha value is -1.70. The van der Waals surface area contributed by atoms with E-state index >= 15 is 0 Å². The molecular weight excluding hydrogens is 184 g/mol. The quantitative estimate of drug-likeness (QED) is 0.757. The maximum absolute atomic E-state index is 4.37. The Kier molecular flexibility index (Phi) is 3.08. The normalized spacial score (nSPS) is 10.2. The molecule has 2 aromatic rings. The SMILES string of the molecule is Cc1ccc(CCc2cccnc2)nc1. The van der Waals surface area contributed by atoms with Crippen LogP contribution >= 0.6 is 0 Å². The van der Waals surface area contributed by atoms with Crippen molar-refractivity contribution in [2.24, 2.45) is 0 Å². The molecule has 2 heterocycles. The monoisotopic (exact) mass is 198 g/mol. The van der Waals surface area contributed by atoms with E-state index in [9.17, 15) is 0 Å². The van der Waals surface area contributed by atoms with Gasteiger partial charge in [0.15, 0.2) is 0 Å². The standard InChI is InChI=1S/C13H14N2/c1-11-4-6-13(15-9-11)7-5-12-3-2-8-14-10-12/h2-4,6,8-10H,5,7H2,1H3. The van der Waals surface area contributed by atoms with Crippen molar-refractivity contribution in [2.75, 3.05) is 0 Å². The predicted molar refractivity (Wildman–Crippen MR) is 60.6 cm³/mol. The molecule has 0 amide bonds. The van der Waals surface area contributed by atoms with Gasteiger partial charge in [0.25, 0.3) is 0 Å². The Morgan fingerprint density at radius 1 is 1.07 bits per heavy atom. The Bertz CT molecular complexity index is 406. The van der Waals surface area contributed by atoms with Crippen molar-refractivity contribution in [1.82, 2.24) is 9.97 Å². The molecule has 0 aliphatic rings. The Morgan fingerprint density at radius 2 is 2.00 bits per heavy atom. The van der Waals surface area contributed by atoms with Crippen molar-refractivity contribution >= 4 is 0 Å². The fourth-order valence-electron chi connectivity index (χ4n) is 1.46. The zero-order valence-corrected chi connectivity index (χ0v) is 8.85. The summed E-state index contributed by atoms with van der Waals surface area (Å²) in [6.07, 6.45) is 7.61. The van der Waals surface area contributed by atoms with Gasteiger partial charge in [-0.1, -0.05) is 12.1 Å². The molecular formula is C13H14N2. The first-order valence-corrected chi connectivity index (χ1v) is 5.15. The van der Waals surface area contributed by atoms with Gasteiger partial charge in [0.2, 0.25) is 0 Å². The van der Waals surface area contributed by atoms with E-state index in [4.69, 9.17) is 0 Å². The number of aryl methyl sites for hydroxylation is 3. The first-order chi connectivity index (χ1) is 7.34. The molecule has 0 fully saturated rings. The molecule has 15 heavy (non-hydrogen) atoms. The lowest BCUT2D eigenvalue weighted by Crippen LogP contribution is -1.94. The van der Waals surface area contributed by atoms with Crippen LogP contribution in [0.1, 0.15) is 16.8 Å². The van der Waals surface area contributed by atoms with E-state index in [2.05, 4.69) is 35.1 Å². The molecule has 0 aromatic carbocycles. The van der Waals surface area contributed by atoms with Crippen LogP contribution in [-0.2, 0) is 12.8 Å². The lowest BCUT2D eigenvalue weighted by molar-refractivity contribution is 0.904. The first-order valence-electron chi connectivity index (χ1n) is 5.15. The molecule has 0 spiro atoms. The fraction of sp³-hybridized carbons (Fsp3) is 0.231. The van der Waals surface area contributed by atoms with Crippen molar-refractivity contribution in [3.63, 3.8) is 0 Å². The number of nitrogens with zero attached hydrogens (tertiary/aromatic N) is 2. The molecule has 2 nitrogen and oxygen atoms in total. The summed E-state index contributed by atoms with van der Waals surface area (Å²) in [7, 11) is 0. The Balaban J connectivity index is 1.96. The molecule has 76 valence electrons. The molecule has 0 N–H and O–H groups in total. The molecule has 0 saturated carbocycles. The third kappa shape index (κ3) is 2.88. The van der Waals surface area contributed by atoms with E-state index < -0.39 is 0 Å². The second kappa shape index (κ2) is 4.69. The molecule has 0 aliphatic carbocycles. The molecule has 0 unspecified atom stereocenters. The minimum atomic E-state index is 0.978. The number of aromatic nitrogens is 2. The van der Waals surface area contributed by atoms with Crippen LogP contribution in [0.4, 0.5) is 0 Å². The molecule has 0 radical (unpaired) electrons. The van der Waals surface area contributed by atoms with E-state index in [1.54, 1.807) is 6.20 Å². The Labute approximate surface area is 90.0 Å². The van der Waals surface area contributed by atoms with Gasteiger partial charge in [-0.2, -0.15) is 0 Å². The molecule has 0 saturated heterocycles. The van der Waals surface area contributed by atoms with E-state index in [1.807, 2.05) is 18.5 Å². The van der Waals surface area contributed by atoms with Gasteiger partial charge in [-0.05, 0) is 43.0 Å². The maximum atomic E-state index is 4.37. The summed E-state index contributed by atoms with van der Waals surface area (Å²) >= 11 is 0. The third-order valence-corrected chi connectivity index (χ3v) is 2.37. The van der Waals surface area contributed by atoms with E-state index in [1.165, 1.54) is 11.1 Å². The first kappa shape index (κ1) is 9.84. The van der Waals surface area contributed by atoms with Gasteiger partial charge in [-0.15, -0.1) is 0 Å². The molecule has 2 aromatic heterocycles. The summed E-state index contributed by atoms with van der Waals surface area (Å²) in [5.74, 6) is 0. The smallest absolute Gasteiger partial charge is 0.0407 e. The minimum Gasteiger partial charge on any atom is -0.264 e. The molecule has 0 atom stereocenters. The van der Waals surface area contributed by atoms with Crippen molar-refractivity contribution in [3.8, 4) is 0 Å². The second-order valence-corrected chi connectivity index (χ2v) is 3.69. The lowest BCUT2D eigenvalue weighted by Gasteiger charge is -2.01. The fourth-order valence-corrected chi connectivity index (χ4v) is 1.46. The maximum Gasteiger partial charge on any atom is 0.0407 e. The highest BCUT2D eigenvalue weighted by Crippen LogP contribution is 2.04. The summed E-state index contributed by atoms with van der Waals surface area (Å²) in [6, 6.07) is 8.26. The van der Waals surface area contributed by atoms with Gasteiger partial charge in [-0.25, -0.2) is 0 Å². The van der Waals surface area contributed by atoms with Gasteiger partial charge in [0, 0.05) is 24.3 Å². The van der Waals surface area contributed by atoms with Gasteiger partial charge in [0.05, 0.1) is 0 Å². The summed E-state index contributed by atoms with van der Waals surface area (Å²) in [4.78, 5) is 8.46. The van der Waals surface area contributed by atoms with E-state index in [0.29, 0.717) is 0 Å². The van der Waals surface area contributed by atoms with Crippen LogP contribution in [-0.4, -0.2) is 9.97 Å². The van der Waals surface area contributed by atoms with Crippen LogP contribution < -0.4 is 0 Å². The molecule has 2 heteroatoms. The van der Waals surface area contributed by atoms with E-state index in [-0.39, 0.29) is 0 Å². The Morgan fingerprint density at radius 3 is 2.67 bits per heavy atom. The highest BCUT2D eigenvalue weighted by atomic mass is 14.7. The van der Waals surface area contributed by atoms with E-state index in [0.717, 1.165) is 18.5 Å². The molecule has 0 bridgehead atoms. The summed E-state index contributed by atoms with van der Waals surface area (Å²) in [5, 5.41) is 0. The number of pyridine rings is 2. The highest BCUT2D eigenvalue weighted by Gasteiger charge is 1.96. The summed E-state index contributed by atoms with van der Waals surface area (Å²) < 4.78 is 0. The lowest BCUT2D eigenvalue weighted by atomic mass is 10.1. The second-order valence-electron chi connectivity index (χ2n) is 3.69. The van der Waals surface area contributed by atoms with Crippen molar-refractivity contribution in [1.29, 1.82) is 0 Å². The van der Waals surface area contributed by atoms with Crippen LogP contribution in [0.15, 0.2) is 42.9 Å². The minimum absolute atomic E-state index is 0.978. The van der Waals surface area contributed by atoms with Gasteiger partial charge >= 0.3 is 0 Å². The van der Waals surface area contributed by atoms with Gasteiger partial charge in [-0.3, -0.25) is 9.97 Å². The topological polar surface area (TPSA) is 25.8 Å². The van der Waals surface area contributed by atoms with Crippen LogP contribution in [0.5, 0.6) is 0 Å². The predicted octanol–water partition coefficient (Wildman–Crippen LogP) is 2.57. The van der Waals surface area contributed by atoms with Crippen LogP contribution in [0.2, 0.25) is 0 Å². The molecule has 2 rings (SSSR count). The van der Waals surface area contributed by atoms with Crippen molar-refractivity contribution in [2.45, 2.75) is 19.8 Å². The largest absolute Gasteiger partial charge is 0.264 e. The number of hydrogen-bond donors (Lipinski definition) is 0. The number of hydrogen-bond acceptors (Lipinski definition) is 2. The van der Waals surface area contributed by atoms with Crippen molar-refractivity contribution in [3.05, 3.63) is 59.7 Å². The highest BCUT2D eigenvalue weighted by molar-refractivity contribution is 5.15. The average molecular weight is 198 g/mol. The molecule has 0 aliphatic heterocycles. The summed E-state index contributed by atoms with van der Waals surface area (Å²) in [5.41, 5.74) is 3.62. The zero-order valence-electron chi connectivity index (χ0n) is 8.85. The van der Waals surface area contributed by atoms with Crippen LogP contribution in [0, 0.1) is 6.92 Å². The van der Waals surface area contributed by atoms with Gasteiger partial charge in [0.1, 0.15) is 0 Å². The van der Waals surface area contributed by atoms with Crippen LogP contribution in [0.3, 0.4) is 0 Å². The summed E-state index contributed by atoms with van der Waals surface area (Å²) in [6.45, 7) is 2.05. The van der Waals surface area contributed by atoms with Crippen LogP contribution in [0.25, 0.3) is 0 Å². The van der Waals surface area contributed by atoms with Gasteiger partial charge < -0.3 is 0 Å².